The second-order valence-corrected chi connectivity index (χ2v) is 4.39. The summed E-state index contributed by atoms with van der Waals surface area (Å²) in [6, 6.07) is 4.26. The molecule has 0 aliphatic rings. The van der Waals surface area contributed by atoms with Crippen molar-refractivity contribution in [2.45, 2.75) is 19.9 Å². The van der Waals surface area contributed by atoms with Crippen molar-refractivity contribution < 1.29 is 9.59 Å². The second-order valence-electron chi connectivity index (χ2n) is 4.39. The number of nitrogen functional groups attached to an aromatic ring is 1. The number of hydrogen-bond acceptors (Lipinski definition) is 4. The van der Waals surface area contributed by atoms with E-state index in [1.807, 2.05) is 6.92 Å². The maximum atomic E-state index is 12.0. The average Bonchev–Trinajstić information content (AvgIpc) is 2.36. The normalized spacial score (nSPS) is 11.7. The zero-order chi connectivity index (χ0) is 14.6. The van der Waals surface area contributed by atoms with Gasteiger partial charge < -0.3 is 21.7 Å². The van der Waals surface area contributed by atoms with Crippen molar-refractivity contribution in [1.82, 2.24) is 4.90 Å². The number of nitrogens with two attached hydrogens (primary N) is 2. The summed E-state index contributed by atoms with van der Waals surface area (Å²) >= 11 is 0. The van der Waals surface area contributed by atoms with E-state index in [0.29, 0.717) is 23.5 Å². The quantitative estimate of drug-likeness (QED) is 0.679. The van der Waals surface area contributed by atoms with Crippen molar-refractivity contribution in [3.05, 3.63) is 23.8 Å². The number of amides is 2. The lowest BCUT2D eigenvalue weighted by Gasteiger charge is -2.22. The van der Waals surface area contributed by atoms with E-state index in [1.54, 1.807) is 37.1 Å². The molecule has 6 nitrogen and oxygen atoms in total. The molecule has 0 spiro atoms. The van der Waals surface area contributed by atoms with Crippen LogP contribution in [0.3, 0.4) is 0 Å². The lowest BCUT2D eigenvalue weighted by atomic mass is 10.1. The van der Waals surface area contributed by atoms with E-state index >= 15 is 0 Å². The van der Waals surface area contributed by atoms with Crippen LogP contribution in [0.15, 0.2) is 18.2 Å². The number of benzene rings is 1. The topological polar surface area (TPSA) is 101 Å². The largest absolute Gasteiger partial charge is 0.399 e. The Labute approximate surface area is 112 Å². The molecule has 1 rings (SSSR count). The van der Waals surface area contributed by atoms with E-state index in [9.17, 15) is 9.59 Å². The summed E-state index contributed by atoms with van der Waals surface area (Å²) in [5.41, 5.74) is 12.2. The SMILES string of the molecule is CCN(C)C(=O)C(C)Nc1cc(N)ccc1C(N)=O. The van der Waals surface area contributed by atoms with E-state index < -0.39 is 11.9 Å². The molecule has 0 aromatic heterocycles. The maximum absolute atomic E-state index is 12.0. The van der Waals surface area contributed by atoms with Crippen LogP contribution in [0, 0.1) is 0 Å². The van der Waals surface area contributed by atoms with Gasteiger partial charge in [-0.1, -0.05) is 0 Å². The summed E-state index contributed by atoms with van der Waals surface area (Å²) in [5.74, 6) is -0.633. The highest BCUT2D eigenvalue weighted by molar-refractivity contribution is 6.00. The Morgan fingerprint density at radius 3 is 2.58 bits per heavy atom. The molecule has 1 atom stereocenters. The predicted molar refractivity (Wildman–Crippen MR) is 75.8 cm³/mol. The van der Waals surface area contributed by atoms with Crippen molar-refractivity contribution in [2.75, 3.05) is 24.6 Å². The molecule has 0 saturated heterocycles. The molecule has 0 bridgehead atoms. The maximum Gasteiger partial charge on any atom is 0.250 e. The summed E-state index contributed by atoms with van der Waals surface area (Å²) in [7, 11) is 1.72. The first kappa shape index (κ1) is 14.8. The van der Waals surface area contributed by atoms with Crippen LogP contribution in [-0.2, 0) is 4.79 Å². The third kappa shape index (κ3) is 3.61. The number of anilines is 2. The summed E-state index contributed by atoms with van der Waals surface area (Å²) in [6.45, 7) is 4.23. The first-order valence-corrected chi connectivity index (χ1v) is 6.07. The molecule has 6 heteroatoms. The van der Waals surface area contributed by atoms with Gasteiger partial charge in [-0.15, -0.1) is 0 Å². The number of likely N-dealkylation sites (N-methyl/N-ethyl adjacent to an activating group) is 1. The molecular weight excluding hydrogens is 244 g/mol. The first-order valence-electron chi connectivity index (χ1n) is 6.07. The van der Waals surface area contributed by atoms with Crippen LogP contribution in [0.25, 0.3) is 0 Å². The fraction of sp³-hybridized carbons (Fsp3) is 0.385. The van der Waals surface area contributed by atoms with Gasteiger partial charge in [0.25, 0.3) is 5.91 Å². The van der Waals surface area contributed by atoms with Crippen LogP contribution in [0.2, 0.25) is 0 Å². The van der Waals surface area contributed by atoms with Gasteiger partial charge in [0.1, 0.15) is 6.04 Å². The average molecular weight is 264 g/mol. The lowest BCUT2D eigenvalue weighted by molar-refractivity contribution is -0.130. The highest BCUT2D eigenvalue weighted by atomic mass is 16.2. The summed E-state index contributed by atoms with van der Waals surface area (Å²) < 4.78 is 0. The number of primary amides is 1. The minimum Gasteiger partial charge on any atom is -0.399 e. The van der Waals surface area contributed by atoms with Crippen molar-refractivity contribution in [3.8, 4) is 0 Å². The minimum absolute atomic E-state index is 0.0691. The second kappa shape index (κ2) is 6.08. The molecule has 19 heavy (non-hydrogen) atoms. The molecule has 0 saturated carbocycles. The van der Waals surface area contributed by atoms with Gasteiger partial charge in [-0.25, -0.2) is 0 Å². The van der Waals surface area contributed by atoms with Gasteiger partial charge in [-0.2, -0.15) is 0 Å². The van der Waals surface area contributed by atoms with E-state index in [4.69, 9.17) is 11.5 Å². The fourth-order valence-corrected chi connectivity index (χ4v) is 1.68. The van der Waals surface area contributed by atoms with Gasteiger partial charge in [-0.3, -0.25) is 9.59 Å². The smallest absolute Gasteiger partial charge is 0.250 e. The van der Waals surface area contributed by atoms with Crippen LogP contribution in [0.4, 0.5) is 11.4 Å². The molecule has 104 valence electrons. The van der Waals surface area contributed by atoms with Crippen molar-refractivity contribution in [2.24, 2.45) is 5.73 Å². The summed E-state index contributed by atoms with van der Waals surface area (Å²) in [4.78, 5) is 24.9. The van der Waals surface area contributed by atoms with Crippen LogP contribution in [0.1, 0.15) is 24.2 Å². The van der Waals surface area contributed by atoms with Gasteiger partial charge in [0, 0.05) is 25.0 Å². The Hall–Kier alpha value is -2.24. The van der Waals surface area contributed by atoms with Crippen LogP contribution in [-0.4, -0.2) is 36.3 Å². The molecule has 5 N–H and O–H groups in total. The number of nitrogens with zero attached hydrogens (tertiary/aromatic N) is 1. The van der Waals surface area contributed by atoms with Crippen LogP contribution in [0.5, 0.6) is 0 Å². The van der Waals surface area contributed by atoms with Crippen molar-refractivity contribution in [1.29, 1.82) is 0 Å². The highest BCUT2D eigenvalue weighted by Gasteiger charge is 2.18. The van der Waals surface area contributed by atoms with Crippen molar-refractivity contribution >= 4 is 23.2 Å². The Morgan fingerprint density at radius 2 is 2.05 bits per heavy atom. The zero-order valence-electron chi connectivity index (χ0n) is 11.4. The van der Waals surface area contributed by atoms with E-state index in [-0.39, 0.29) is 5.91 Å². The van der Waals surface area contributed by atoms with Gasteiger partial charge in [0.05, 0.1) is 5.56 Å². The predicted octanol–water partition coefficient (Wildman–Crippen LogP) is 0.646. The molecule has 0 radical (unpaired) electrons. The van der Waals surface area contributed by atoms with E-state index in [0.717, 1.165) is 0 Å². The number of hydrogen-bond donors (Lipinski definition) is 3. The number of carbonyl (C=O) groups is 2. The molecule has 1 aromatic rings. The Kier molecular flexibility index (Phi) is 4.74. The first-order chi connectivity index (χ1) is 8.86. The summed E-state index contributed by atoms with van der Waals surface area (Å²) in [5, 5.41) is 2.98. The Bertz CT molecular complexity index is 488. The highest BCUT2D eigenvalue weighted by Crippen LogP contribution is 2.20. The molecule has 0 aliphatic heterocycles. The monoisotopic (exact) mass is 264 g/mol. The molecule has 0 fully saturated rings. The molecule has 2 amide bonds. The molecule has 1 aromatic carbocycles. The van der Waals surface area contributed by atoms with Crippen LogP contribution < -0.4 is 16.8 Å². The molecule has 1 unspecified atom stereocenters. The van der Waals surface area contributed by atoms with Crippen molar-refractivity contribution in [3.63, 3.8) is 0 Å². The molecular formula is C13H20N4O2. The van der Waals surface area contributed by atoms with Gasteiger partial charge in [0.2, 0.25) is 5.91 Å². The molecule has 0 aliphatic carbocycles. The van der Waals surface area contributed by atoms with E-state index in [2.05, 4.69) is 5.32 Å². The lowest BCUT2D eigenvalue weighted by Crippen LogP contribution is -2.39. The Balaban J connectivity index is 2.95. The summed E-state index contributed by atoms with van der Waals surface area (Å²) in [6.07, 6.45) is 0. The van der Waals surface area contributed by atoms with Gasteiger partial charge in [0.15, 0.2) is 0 Å². The third-order valence-corrected chi connectivity index (χ3v) is 2.90. The minimum atomic E-state index is -0.564. The van der Waals surface area contributed by atoms with Crippen LogP contribution >= 0.6 is 0 Å². The fourth-order valence-electron chi connectivity index (χ4n) is 1.68. The zero-order valence-corrected chi connectivity index (χ0v) is 11.4. The number of rotatable bonds is 5. The Morgan fingerprint density at radius 1 is 1.42 bits per heavy atom. The standard InChI is InChI=1S/C13H20N4O2/c1-4-17(3)13(19)8(2)16-11-7-9(14)5-6-10(11)12(15)18/h5-8,16H,4,14H2,1-3H3,(H2,15,18). The number of nitrogens with one attached hydrogen (secondary N) is 1. The molecule has 0 heterocycles. The van der Waals surface area contributed by atoms with E-state index in [1.165, 1.54) is 0 Å². The number of carbonyl (C=O) groups excluding carboxylic acids is 2. The van der Waals surface area contributed by atoms with Gasteiger partial charge in [-0.05, 0) is 32.0 Å². The van der Waals surface area contributed by atoms with Gasteiger partial charge >= 0.3 is 0 Å². The third-order valence-electron chi connectivity index (χ3n) is 2.90.